The molecule has 0 aliphatic rings. The van der Waals surface area contributed by atoms with Crippen molar-refractivity contribution in [2.45, 2.75) is 6.54 Å². The van der Waals surface area contributed by atoms with Gasteiger partial charge < -0.3 is 10.6 Å². The Labute approximate surface area is 181 Å². The Balaban J connectivity index is 1.32. The largest absolute Gasteiger partial charge is 0.348 e. The number of fused-ring (bicyclic) bond motifs is 2. The molecule has 7 nitrogen and oxygen atoms in total. The third kappa shape index (κ3) is 3.88. The van der Waals surface area contributed by atoms with E-state index in [1.165, 1.54) is 15.9 Å². The van der Waals surface area contributed by atoms with Crippen molar-refractivity contribution >= 4 is 43.9 Å². The highest BCUT2D eigenvalue weighted by Crippen LogP contribution is 2.23. The summed E-state index contributed by atoms with van der Waals surface area (Å²) >= 11 is 1.29. The molecule has 31 heavy (non-hydrogen) atoms. The van der Waals surface area contributed by atoms with Crippen molar-refractivity contribution < 1.29 is 4.79 Å². The molecule has 2 aromatic heterocycles. The van der Waals surface area contributed by atoms with Crippen LogP contribution in [0, 0.1) is 0 Å². The van der Waals surface area contributed by atoms with Crippen molar-refractivity contribution in [3.63, 3.8) is 0 Å². The topological polar surface area (TPSA) is 88.4 Å². The fourth-order valence-electron chi connectivity index (χ4n) is 3.21. The highest BCUT2D eigenvalue weighted by molar-refractivity contribution is 7.20. The number of para-hydroxylation sites is 1. The molecular weight excluding hydrogens is 410 g/mol. The van der Waals surface area contributed by atoms with Crippen molar-refractivity contribution in [1.82, 2.24) is 19.9 Å². The normalized spacial score (nSPS) is 11.0. The van der Waals surface area contributed by atoms with E-state index in [1.54, 1.807) is 36.4 Å². The first-order chi connectivity index (χ1) is 15.2. The lowest BCUT2D eigenvalue weighted by molar-refractivity contribution is 0.0951. The maximum absolute atomic E-state index is 12.6. The lowest BCUT2D eigenvalue weighted by Crippen LogP contribution is -2.22. The van der Waals surface area contributed by atoms with Gasteiger partial charge in [0.25, 0.3) is 11.5 Å². The van der Waals surface area contributed by atoms with Crippen LogP contribution in [0.25, 0.3) is 15.9 Å². The first-order valence-electron chi connectivity index (χ1n) is 9.65. The Morgan fingerprint density at radius 3 is 2.48 bits per heavy atom. The van der Waals surface area contributed by atoms with Gasteiger partial charge in [-0.15, -0.1) is 5.10 Å². The van der Waals surface area contributed by atoms with Crippen molar-refractivity contribution in [2.75, 3.05) is 5.32 Å². The van der Waals surface area contributed by atoms with E-state index in [1.807, 2.05) is 42.5 Å². The molecule has 0 bridgehead atoms. The summed E-state index contributed by atoms with van der Waals surface area (Å²) in [4.78, 5) is 30.0. The number of benzene rings is 3. The molecular formula is C23H17N5O2S. The molecule has 0 spiro atoms. The molecule has 152 valence electrons. The summed E-state index contributed by atoms with van der Waals surface area (Å²) in [6, 6.07) is 24.1. The smallest absolute Gasteiger partial charge is 0.283 e. The second kappa shape index (κ2) is 8.00. The number of nitrogens with one attached hydrogen (secondary N) is 2. The Kier molecular flexibility index (Phi) is 4.89. The standard InChI is InChI=1S/C23H17N5O2S/c29-20(24-14-15-6-2-1-3-7-15)16-10-12-17(13-11-16)25-22-27-28-21(30)18-8-4-5-9-19(18)26-23(28)31-22/h1-13H,14H2,(H,24,29)(H,25,27). The summed E-state index contributed by atoms with van der Waals surface area (Å²) in [5.41, 5.74) is 2.82. The summed E-state index contributed by atoms with van der Waals surface area (Å²) in [6.45, 7) is 0.474. The molecule has 3 aromatic carbocycles. The van der Waals surface area contributed by atoms with Gasteiger partial charge in [-0.1, -0.05) is 53.8 Å². The van der Waals surface area contributed by atoms with Gasteiger partial charge in [0.1, 0.15) is 0 Å². The highest BCUT2D eigenvalue weighted by Gasteiger charge is 2.11. The minimum atomic E-state index is -0.199. The lowest BCUT2D eigenvalue weighted by atomic mass is 10.2. The van der Waals surface area contributed by atoms with Gasteiger partial charge in [0.05, 0.1) is 10.9 Å². The number of rotatable bonds is 5. The fraction of sp³-hybridized carbons (Fsp3) is 0.0435. The SMILES string of the molecule is O=C(NCc1ccccc1)c1ccc(Nc2nn3c(=O)c4ccccc4nc3s2)cc1. The van der Waals surface area contributed by atoms with E-state index in [2.05, 4.69) is 20.7 Å². The van der Waals surface area contributed by atoms with Gasteiger partial charge in [0.15, 0.2) is 0 Å². The summed E-state index contributed by atoms with van der Waals surface area (Å²) in [7, 11) is 0. The van der Waals surface area contributed by atoms with Crippen LogP contribution in [-0.2, 0) is 6.54 Å². The number of carbonyl (C=O) groups excluding carboxylic acids is 1. The van der Waals surface area contributed by atoms with E-state index in [9.17, 15) is 9.59 Å². The number of carbonyl (C=O) groups is 1. The van der Waals surface area contributed by atoms with Crippen LogP contribution in [0.4, 0.5) is 10.8 Å². The Morgan fingerprint density at radius 2 is 1.68 bits per heavy atom. The molecule has 1 amide bonds. The van der Waals surface area contributed by atoms with Crippen LogP contribution >= 0.6 is 11.3 Å². The van der Waals surface area contributed by atoms with E-state index >= 15 is 0 Å². The minimum Gasteiger partial charge on any atom is -0.348 e. The van der Waals surface area contributed by atoms with Crippen molar-refractivity contribution in [3.05, 3.63) is 100 Å². The maximum Gasteiger partial charge on any atom is 0.283 e. The van der Waals surface area contributed by atoms with Crippen LogP contribution in [0.5, 0.6) is 0 Å². The van der Waals surface area contributed by atoms with Gasteiger partial charge in [-0.05, 0) is 42.0 Å². The average molecular weight is 427 g/mol. The average Bonchev–Trinajstić information content (AvgIpc) is 3.21. The van der Waals surface area contributed by atoms with Gasteiger partial charge in [0.2, 0.25) is 10.1 Å². The predicted molar refractivity (Wildman–Crippen MR) is 122 cm³/mol. The lowest BCUT2D eigenvalue weighted by Gasteiger charge is -2.07. The monoisotopic (exact) mass is 427 g/mol. The zero-order valence-corrected chi connectivity index (χ0v) is 17.1. The molecule has 5 aromatic rings. The molecule has 2 N–H and O–H groups in total. The van der Waals surface area contributed by atoms with E-state index in [-0.39, 0.29) is 11.5 Å². The number of aromatic nitrogens is 3. The Bertz CT molecular complexity index is 1440. The van der Waals surface area contributed by atoms with Gasteiger partial charge in [-0.2, -0.15) is 4.52 Å². The third-order valence-electron chi connectivity index (χ3n) is 4.80. The van der Waals surface area contributed by atoms with Gasteiger partial charge >= 0.3 is 0 Å². The predicted octanol–water partition coefficient (Wildman–Crippen LogP) is 3.98. The van der Waals surface area contributed by atoms with Crippen LogP contribution in [0.3, 0.4) is 0 Å². The first kappa shape index (κ1) is 19.0. The van der Waals surface area contributed by atoms with Crippen LogP contribution in [-0.4, -0.2) is 20.5 Å². The van der Waals surface area contributed by atoms with E-state index in [4.69, 9.17) is 0 Å². The molecule has 0 unspecified atom stereocenters. The molecule has 5 rings (SSSR count). The summed E-state index contributed by atoms with van der Waals surface area (Å²) in [6.07, 6.45) is 0. The third-order valence-corrected chi connectivity index (χ3v) is 5.62. The van der Waals surface area contributed by atoms with Gasteiger partial charge in [-0.25, -0.2) is 4.98 Å². The second-order valence-electron chi connectivity index (χ2n) is 6.91. The molecule has 0 fully saturated rings. The Morgan fingerprint density at radius 1 is 0.935 bits per heavy atom. The quantitative estimate of drug-likeness (QED) is 0.443. The zero-order chi connectivity index (χ0) is 21.2. The molecule has 0 aliphatic carbocycles. The summed E-state index contributed by atoms with van der Waals surface area (Å²) in [5, 5.41) is 11.5. The molecule has 0 radical (unpaired) electrons. The first-order valence-corrected chi connectivity index (χ1v) is 10.5. The van der Waals surface area contributed by atoms with Crippen LogP contribution in [0.2, 0.25) is 0 Å². The molecule has 0 saturated heterocycles. The number of amides is 1. The van der Waals surface area contributed by atoms with E-state index in [0.717, 1.165) is 11.3 Å². The maximum atomic E-state index is 12.6. The molecule has 0 aliphatic heterocycles. The molecule has 8 heteroatoms. The fourth-order valence-corrected chi connectivity index (χ4v) is 4.03. The van der Waals surface area contributed by atoms with Crippen molar-refractivity contribution in [1.29, 1.82) is 0 Å². The van der Waals surface area contributed by atoms with E-state index < -0.39 is 0 Å². The zero-order valence-electron chi connectivity index (χ0n) is 16.3. The number of hydrogen-bond acceptors (Lipinski definition) is 6. The molecule has 0 saturated carbocycles. The molecule has 0 atom stereocenters. The van der Waals surface area contributed by atoms with Gasteiger partial charge in [-0.3, -0.25) is 9.59 Å². The second-order valence-corrected chi connectivity index (χ2v) is 7.86. The summed E-state index contributed by atoms with van der Waals surface area (Å²) < 4.78 is 1.31. The number of nitrogens with zero attached hydrogens (tertiary/aromatic N) is 3. The highest BCUT2D eigenvalue weighted by atomic mass is 32.1. The van der Waals surface area contributed by atoms with Crippen molar-refractivity contribution in [3.8, 4) is 0 Å². The summed E-state index contributed by atoms with van der Waals surface area (Å²) in [5.74, 6) is -0.141. The van der Waals surface area contributed by atoms with Crippen LogP contribution in [0.1, 0.15) is 15.9 Å². The number of hydrogen-bond donors (Lipinski definition) is 2. The van der Waals surface area contributed by atoms with E-state index in [0.29, 0.717) is 33.1 Å². The number of anilines is 2. The Hall–Kier alpha value is -4.04. The molecule has 2 heterocycles. The minimum absolute atomic E-state index is 0.141. The van der Waals surface area contributed by atoms with Crippen LogP contribution in [0.15, 0.2) is 83.7 Å². The van der Waals surface area contributed by atoms with Crippen LogP contribution < -0.4 is 16.2 Å². The van der Waals surface area contributed by atoms with Gasteiger partial charge in [0, 0.05) is 17.8 Å². The van der Waals surface area contributed by atoms with Crippen molar-refractivity contribution in [2.24, 2.45) is 0 Å².